The van der Waals surface area contributed by atoms with Gasteiger partial charge in [0.15, 0.2) is 9.84 Å². The van der Waals surface area contributed by atoms with Crippen LogP contribution in [-0.4, -0.2) is 73.7 Å². The molecule has 2 saturated heterocycles. The number of rotatable bonds is 2. The molecule has 0 aromatic carbocycles. The third-order valence-electron chi connectivity index (χ3n) is 3.51. The Morgan fingerprint density at radius 2 is 1.83 bits per heavy atom. The number of amides is 1. The van der Waals surface area contributed by atoms with E-state index in [0.29, 0.717) is 18.8 Å². The molecule has 1 amide bonds. The van der Waals surface area contributed by atoms with Gasteiger partial charge in [-0.15, -0.1) is 24.0 Å². The maximum Gasteiger partial charge on any atom is 0.237 e. The predicted molar refractivity (Wildman–Crippen MR) is 73.2 cm³/mol. The van der Waals surface area contributed by atoms with E-state index in [1.807, 2.05) is 0 Å². The highest BCUT2D eigenvalue weighted by Gasteiger charge is 2.34. The van der Waals surface area contributed by atoms with Gasteiger partial charge in [-0.3, -0.25) is 9.69 Å². The Morgan fingerprint density at radius 3 is 2.28 bits per heavy atom. The fourth-order valence-electron chi connectivity index (χ4n) is 2.48. The molecule has 2 aliphatic rings. The molecule has 8 heteroatoms. The monoisotopic (exact) mass is 316 g/mol. The van der Waals surface area contributed by atoms with Gasteiger partial charge in [-0.05, 0) is 6.42 Å². The van der Waals surface area contributed by atoms with Crippen LogP contribution in [0.3, 0.4) is 0 Å². The maximum absolute atomic E-state index is 11.4. The van der Waals surface area contributed by atoms with Crippen molar-refractivity contribution in [2.45, 2.75) is 12.5 Å². The van der Waals surface area contributed by atoms with Crippen molar-refractivity contribution in [3.05, 3.63) is 0 Å². The summed E-state index contributed by atoms with van der Waals surface area (Å²) in [5.41, 5.74) is 0. The minimum Gasteiger partial charge on any atom is -0.339 e. The van der Waals surface area contributed by atoms with Crippen molar-refractivity contribution in [3.8, 4) is 0 Å². The lowest BCUT2D eigenvalue weighted by Gasteiger charge is -2.37. The highest BCUT2D eigenvalue weighted by molar-refractivity contribution is 7.91. The first-order valence-electron chi connectivity index (χ1n) is 5.80. The lowest BCUT2D eigenvalue weighted by atomic mass is 10.2. The molecule has 18 heavy (non-hydrogen) atoms. The molecule has 0 aliphatic carbocycles. The molecule has 0 N–H and O–H groups in total. The van der Waals surface area contributed by atoms with E-state index in [-0.39, 0.29) is 36.0 Å². The second kappa shape index (κ2) is 6.41. The second-order valence-corrected chi connectivity index (χ2v) is 7.10. The number of sulfone groups is 1. The normalized spacial score (nSPS) is 27.8. The Bertz CT molecular complexity index is 394. The van der Waals surface area contributed by atoms with Gasteiger partial charge in [0.2, 0.25) is 5.91 Å². The Morgan fingerprint density at radius 1 is 1.22 bits per heavy atom. The standard InChI is InChI=1S/C10H17ClN2O3S.ClH/c11-7-10(14)13-4-2-12(3-5-13)9-1-6-17(15,16)8-9;/h9H,1-8H2;1H. The molecule has 0 saturated carbocycles. The number of alkyl halides is 1. The number of nitrogens with zero attached hydrogens (tertiary/aromatic N) is 2. The van der Waals surface area contributed by atoms with E-state index in [0.717, 1.165) is 19.5 Å². The summed E-state index contributed by atoms with van der Waals surface area (Å²) in [4.78, 5) is 15.3. The van der Waals surface area contributed by atoms with Crippen LogP contribution < -0.4 is 0 Å². The van der Waals surface area contributed by atoms with Crippen LogP contribution in [0.15, 0.2) is 0 Å². The zero-order valence-corrected chi connectivity index (χ0v) is 12.4. The SMILES string of the molecule is Cl.O=C(CCl)N1CCN(C2CCS(=O)(=O)C2)CC1. The average Bonchev–Trinajstić information content (AvgIpc) is 2.69. The van der Waals surface area contributed by atoms with Gasteiger partial charge in [-0.25, -0.2) is 8.42 Å². The molecule has 2 aliphatic heterocycles. The van der Waals surface area contributed by atoms with Crippen LogP contribution in [0.5, 0.6) is 0 Å². The number of hydrogen-bond acceptors (Lipinski definition) is 4. The average molecular weight is 317 g/mol. The number of halogens is 2. The van der Waals surface area contributed by atoms with Crippen LogP contribution in [0.1, 0.15) is 6.42 Å². The van der Waals surface area contributed by atoms with Crippen LogP contribution in [0.2, 0.25) is 0 Å². The van der Waals surface area contributed by atoms with Crippen molar-refractivity contribution in [2.24, 2.45) is 0 Å². The molecule has 2 rings (SSSR count). The van der Waals surface area contributed by atoms with Gasteiger partial charge in [0.05, 0.1) is 11.5 Å². The molecule has 2 fully saturated rings. The van der Waals surface area contributed by atoms with Crippen molar-refractivity contribution in [1.82, 2.24) is 9.80 Å². The summed E-state index contributed by atoms with van der Waals surface area (Å²) < 4.78 is 22.8. The molecule has 1 atom stereocenters. The topological polar surface area (TPSA) is 57.7 Å². The molecule has 106 valence electrons. The van der Waals surface area contributed by atoms with Crippen molar-refractivity contribution in [1.29, 1.82) is 0 Å². The Hall–Kier alpha value is -0.0400. The molecular formula is C10H18Cl2N2O3S. The Balaban J connectivity index is 0.00000162. The largest absolute Gasteiger partial charge is 0.339 e. The highest BCUT2D eigenvalue weighted by atomic mass is 35.5. The third kappa shape index (κ3) is 3.73. The van der Waals surface area contributed by atoms with E-state index >= 15 is 0 Å². The van der Waals surface area contributed by atoms with Crippen LogP contribution in [0.4, 0.5) is 0 Å². The summed E-state index contributed by atoms with van der Waals surface area (Å²) in [5, 5.41) is 0. The van der Waals surface area contributed by atoms with Crippen molar-refractivity contribution >= 4 is 39.8 Å². The van der Waals surface area contributed by atoms with Crippen molar-refractivity contribution in [3.63, 3.8) is 0 Å². The number of hydrogen-bond donors (Lipinski definition) is 0. The first-order valence-corrected chi connectivity index (χ1v) is 8.15. The molecule has 2 heterocycles. The molecule has 5 nitrogen and oxygen atoms in total. The summed E-state index contributed by atoms with van der Waals surface area (Å²) in [6.07, 6.45) is 0.728. The molecule has 0 aromatic rings. The minimum absolute atomic E-state index is 0. The first kappa shape index (κ1) is 16.0. The quantitative estimate of drug-likeness (QED) is 0.672. The van der Waals surface area contributed by atoms with Gasteiger partial charge in [0.25, 0.3) is 0 Å². The summed E-state index contributed by atoms with van der Waals surface area (Å²) in [7, 11) is -2.82. The van der Waals surface area contributed by atoms with E-state index in [4.69, 9.17) is 11.6 Å². The molecule has 1 unspecified atom stereocenters. The van der Waals surface area contributed by atoms with Gasteiger partial charge in [-0.1, -0.05) is 0 Å². The van der Waals surface area contributed by atoms with Crippen LogP contribution >= 0.6 is 24.0 Å². The van der Waals surface area contributed by atoms with Crippen LogP contribution in [-0.2, 0) is 14.6 Å². The molecule has 0 aromatic heterocycles. The molecule has 0 radical (unpaired) electrons. The van der Waals surface area contributed by atoms with Gasteiger partial charge in [-0.2, -0.15) is 0 Å². The molecule has 0 bridgehead atoms. The number of carbonyl (C=O) groups excluding carboxylic acids is 1. The van der Waals surface area contributed by atoms with Crippen LogP contribution in [0.25, 0.3) is 0 Å². The fourth-order valence-corrected chi connectivity index (χ4v) is 4.41. The summed E-state index contributed by atoms with van der Waals surface area (Å²) >= 11 is 5.50. The van der Waals surface area contributed by atoms with Gasteiger partial charge < -0.3 is 4.90 Å². The van der Waals surface area contributed by atoms with Gasteiger partial charge in [0, 0.05) is 32.2 Å². The number of piperazine rings is 1. The van der Waals surface area contributed by atoms with E-state index in [1.54, 1.807) is 4.90 Å². The van der Waals surface area contributed by atoms with E-state index < -0.39 is 9.84 Å². The van der Waals surface area contributed by atoms with E-state index in [9.17, 15) is 13.2 Å². The third-order valence-corrected chi connectivity index (χ3v) is 5.49. The summed E-state index contributed by atoms with van der Waals surface area (Å²) in [6, 6.07) is 0.147. The van der Waals surface area contributed by atoms with E-state index in [1.165, 1.54) is 0 Å². The van der Waals surface area contributed by atoms with Crippen molar-refractivity contribution in [2.75, 3.05) is 43.6 Å². The summed E-state index contributed by atoms with van der Waals surface area (Å²) in [5.74, 6) is 0.567. The van der Waals surface area contributed by atoms with Gasteiger partial charge >= 0.3 is 0 Å². The van der Waals surface area contributed by atoms with Crippen molar-refractivity contribution < 1.29 is 13.2 Å². The lowest BCUT2D eigenvalue weighted by Crippen LogP contribution is -2.52. The zero-order valence-electron chi connectivity index (χ0n) is 10.0. The highest BCUT2D eigenvalue weighted by Crippen LogP contribution is 2.19. The molecule has 0 spiro atoms. The maximum atomic E-state index is 11.4. The number of carbonyl (C=O) groups is 1. The fraction of sp³-hybridized carbons (Fsp3) is 0.900. The minimum atomic E-state index is -2.82. The lowest BCUT2D eigenvalue weighted by molar-refractivity contribution is -0.130. The predicted octanol–water partition coefficient (Wildman–Crippen LogP) is -0.0217. The Labute approximate surface area is 119 Å². The second-order valence-electron chi connectivity index (χ2n) is 4.61. The molecular weight excluding hydrogens is 299 g/mol. The first-order chi connectivity index (χ1) is 8.02. The Kier molecular flexibility index (Phi) is 5.70. The van der Waals surface area contributed by atoms with E-state index in [2.05, 4.69) is 4.90 Å². The smallest absolute Gasteiger partial charge is 0.237 e. The summed E-state index contributed by atoms with van der Waals surface area (Å²) in [6.45, 7) is 2.82. The van der Waals surface area contributed by atoms with Crippen LogP contribution in [0, 0.1) is 0 Å². The van der Waals surface area contributed by atoms with Gasteiger partial charge in [0.1, 0.15) is 5.88 Å². The zero-order chi connectivity index (χ0) is 12.5.